The number of urea groups is 1. The largest absolute Gasteiger partial charge is 0.418 e. The van der Waals surface area contributed by atoms with Gasteiger partial charge in [-0.15, -0.1) is 4.28 Å². The summed E-state index contributed by atoms with van der Waals surface area (Å²) < 4.78 is 35.0. The van der Waals surface area contributed by atoms with Gasteiger partial charge in [-0.25, -0.2) is 4.79 Å². The highest BCUT2D eigenvalue weighted by atomic mass is 32.3. The first-order valence-electron chi connectivity index (χ1n) is 8.38. The van der Waals surface area contributed by atoms with Crippen LogP contribution in [-0.4, -0.2) is 53.5 Å². The van der Waals surface area contributed by atoms with Crippen LogP contribution in [0, 0.1) is 0 Å². The zero-order valence-electron chi connectivity index (χ0n) is 14.1. The number of carbonyl (C=O) groups excluding carboxylic acids is 2. The van der Waals surface area contributed by atoms with Gasteiger partial charge in [0, 0.05) is 12.2 Å². The minimum atomic E-state index is -4.81. The highest BCUT2D eigenvalue weighted by Gasteiger charge is 2.49. The van der Waals surface area contributed by atoms with Crippen molar-refractivity contribution in [2.75, 3.05) is 11.9 Å². The zero-order chi connectivity index (χ0) is 19.2. The molecule has 2 saturated heterocycles. The second-order valence-corrected chi connectivity index (χ2v) is 7.57. The molecule has 0 aliphatic carbocycles. The summed E-state index contributed by atoms with van der Waals surface area (Å²) in [6.07, 6.45) is 0.745. The monoisotopic (exact) mass is 391 g/mol. The first-order chi connectivity index (χ1) is 12.8. The number of amides is 3. The van der Waals surface area contributed by atoms with Gasteiger partial charge in [-0.3, -0.25) is 9.35 Å². The molecule has 2 heterocycles. The van der Waals surface area contributed by atoms with Crippen molar-refractivity contribution in [1.82, 2.24) is 9.96 Å². The minimum absolute atomic E-state index is 0.157. The second kappa shape index (κ2) is 6.48. The lowest BCUT2D eigenvalue weighted by molar-refractivity contribution is -0.120. The Morgan fingerprint density at radius 3 is 2.63 bits per heavy atom. The summed E-state index contributed by atoms with van der Waals surface area (Å²) in [5.74, 6) is -0.356. The van der Waals surface area contributed by atoms with Gasteiger partial charge in [0.15, 0.2) is 0 Å². The standard InChI is InChI=1S/C17H17N3O6S/c21-16(18-13-6-5-11-3-1-2-4-12(11)9-13)15-8-7-14-10-19(15)17(22)20(14)26-27(23,24)25/h1-6,9,14-15H,7-8,10H2,(H,18,21)(H,23,24,25)/t14-,15-/m0/s1. The molecule has 10 heteroatoms. The van der Waals surface area contributed by atoms with E-state index in [9.17, 15) is 18.0 Å². The lowest BCUT2D eigenvalue weighted by Crippen LogP contribution is -2.47. The molecule has 142 valence electrons. The number of nitrogens with zero attached hydrogens (tertiary/aromatic N) is 2. The van der Waals surface area contributed by atoms with E-state index in [1.54, 1.807) is 6.07 Å². The van der Waals surface area contributed by atoms with Crippen molar-refractivity contribution in [3.63, 3.8) is 0 Å². The van der Waals surface area contributed by atoms with E-state index in [0.717, 1.165) is 10.8 Å². The molecule has 0 saturated carbocycles. The third kappa shape index (κ3) is 3.46. The molecule has 3 amide bonds. The van der Waals surface area contributed by atoms with Crippen LogP contribution in [0.1, 0.15) is 12.8 Å². The molecule has 2 atom stereocenters. The summed E-state index contributed by atoms with van der Waals surface area (Å²) in [5, 5.41) is 5.46. The number of hydrogen-bond acceptors (Lipinski definition) is 5. The van der Waals surface area contributed by atoms with E-state index in [1.807, 2.05) is 36.4 Å². The molecule has 27 heavy (non-hydrogen) atoms. The van der Waals surface area contributed by atoms with Crippen LogP contribution in [0.2, 0.25) is 0 Å². The van der Waals surface area contributed by atoms with E-state index in [2.05, 4.69) is 9.60 Å². The summed E-state index contributed by atoms with van der Waals surface area (Å²) in [5.41, 5.74) is 0.610. The topological polar surface area (TPSA) is 116 Å². The fourth-order valence-electron chi connectivity index (χ4n) is 3.60. The summed E-state index contributed by atoms with van der Waals surface area (Å²) in [4.78, 5) is 26.3. The van der Waals surface area contributed by atoms with Crippen LogP contribution in [0.25, 0.3) is 10.8 Å². The van der Waals surface area contributed by atoms with Crippen molar-refractivity contribution in [1.29, 1.82) is 0 Å². The van der Waals surface area contributed by atoms with Crippen molar-refractivity contribution in [3.8, 4) is 0 Å². The third-order valence-electron chi connectivity index (χ3n) is 4.82. The van der Waals surface area contributed by atoms with E-state index in [1.165, 1.54) is 4.90 Å². The first-order valence-corrected chi connectivity index (χ1v) is 9.75. The maximum absolute atomic E-state index is 12.7. The molecule has 2 aliphatic rings. The Balaban J connectivity index is 1.50. The Kier molecular flexibility index (Phi) is 4.25. The molecule has 0 unspecified atom stereocenters. The van der Waals surface area contributed by atoms with Gasteiger partial charge in [-0.05, 0) is 35.7 Å². The van der Waals surface area contributed by atoms with Crippen molar-refractivity contribution in [2.24, 2.45) is 0 Å². The van der Waals surface area contributed by atoms with Crippen LogP contribution < -0.4 is 5.32 Å². The number of rotatable bonds is 4. The maximum atomic E-state index is 12.7. The molecule has 2 aromatic carbocycles. The molecule has 2 N–H and O–H groups in total. The molecule has 2 aliphatic heterocycles. The number of hydroxylamine groups is 2. The Morgan fingerprint density at radius 1 is 1.15 bits per heavy atom. The maximum Gasteiger partial charge on any atom is 0.418 e. The second-order valence-electron chi connectivity index (χ2n) is 6.56. The number of anilines is 1. The van der Waals surface area contributed by atoms with E-state index >= 15 is 0 Å². The Morgan fingerprint density at radius 2 is 1.89 bits per heavy atom. The van der Waals surface area contributed by atoms with Gasteiger partial charge in [-0.1, -0.05) is 30.3 Å². The minimum Gasteiger partial charge on any atom is -0.324 e. The summed E-state index contributed by atoms with van der Waals surface area (Å²) >= 11 is 0. The van der Waals surface area contributed by atoms with Crippen LogP contribution in [0.3, 0.4) is 0 Å². The summed E-state index contributed by atoms with van der Waals surface area (Å²) in [6.45, 7) is 0.157. The number of nitrogens with one attached hydrogen (secondary N) is 1. The van der Waals surface area contributed by atoms with Gasteiger partial charge < -0.3 is 10.2 Å². The molecule has 0 radical (unpaired) electrons. The predicted molar refractivity (Wildman–Crippen MR) is 96.0 cm³/mol. The number of fused-ring (bicyclic) bond motifs is 3. The molecule has 4 rings (SSSR count). The fraction of sp³-hybridized carbons (Fsp3) is 0.294. The van der Waals surface area contributed by atoms with Gasteiger partial charge in [0.25, 0.3) is 0 Å². The number of hydrogen-bond donors (Lipinski definition) is 2. The van der Waals surface area contributed by atoms with Gasteiger partial charge >= 0.3 is 16.4 Å². The quantitative estimate of drug-likeness (QED) is 0.768. The normalized spacial score (nSPS) is 22.3. The molecule has 2 aromatic rings. The smallest absolute Gasteiger partial charge is 0.324 e. The Labute approximate surface area is 155 Å². The first kappa shape index (κ1) is 17.7. The van der Waals surface area contributed by atoms with Gasteiger partial charge in [0.1, 0.15) is 6.04 Å². The Bertz CT molecular complexity index is 1020. The van der Waals surface area contributed by atoms with Crippen LogP contribution in [-0.2, 0) is 19.5 Å². The molecule has 9 nitrogen and oxygen atoms in total. The van der Waals surface area contributed by atoms with Gasteiger partial charge in [0.05, 0.1) is 6.04 Å². The average Bonchev–Trinajstić information content (AvgIpc) is 2.85. The van der Waals surface area contributed by atoms with Crippen LogP contribution in [0.5, 0.6) is 0 Å². The molecular weight excluding hydrogens is 374 g/mol. The van der Waals surface area contributed by atoms with E-state index in [-0.39, 0.29) is 12.5 Å². The summed E-state index contributed by atoms with van der Waals surface area (Å²) in [7, 11) is -4.81. The molecular formula is C17H17N3O6S. The zero-order valence-corrected chi connectivity index (χ0v) is 14.9. The Hall–Kier alpha value is -2.69. The molecule has 0 aromatic heterocycles. The van der Waals surface area contributed by atoms with Crippen LogP contribution in [0.15, 0.2) is 42.5 Å². The van der Waals surface area contributed by atoms with Crippen molar-refractivity contribution < 1.29 is 26.8 Å². The van der Waals surface area contributed by atoms with Crippen LogP contribution in [0.4, 0.5) is 10.5 Å². The van der Waals surface area contributed by atoms with E-state index in [0.29, 0.717) is 23.6 Å². The van der Waals surface area contributed by atoms with Crippen molar-refractivity contribution >= 4 is 38.8 Å². The predicted octanol–water partition coefficient (Wildman–Crippen LogP) is 1.78. The highest BCUT2D eigenvalue weighted by molar-refractivity contribution is 7.80. The SMILES string of the molecule is O=C(Nc1ccc2ccccc2c1)[C@@H]1CC[C@H]2CN1C(=O)N2OS(=O)(=O)O. The third-order valence-corrected chi connectivity index (χ3v) is 5.17. The molecule has 2 fully saturated rings. The van der Waals surface area contributed by atoms with Gasteiger partial charge in [-0.2, -0.15) is 13.5 Å². The molecule has 0 spiro atoms. The fourth-order valence-corrected chi connectivity index (χ4v) is 3.99. The summed E-state index contributed by atoms with van der Waals surface area (Å²) in [6, 6.07) is 11.2. The van der Waals surface area contributed by atoms with E-state index < -0.39 is 28.5 Å². The highest BCUT2D eigenvalue weighted by Crippen LogP contribution is 2.31. The van der Waals surface area contributed by atoms with E-state index in [4.69, 9.17) is 4.55 Å². The van der Waals surface area contributed by atoms with Crippen molar-refractivity contribution in [2.45, 2.75) is 24.9 Å². The number of carbonyl (C=O) groups is 2. The van der Waals surface area contributed by atoms with Crippen LogP contribution >= 0.6 is 0 Å². The lowest BCUT2D eigenvalue weighted by atomic mass is 10.00. The number of benzene rings is 2. The molecule has 2 bridgehead atoms. The van der Waals surface area contributed by atoms with Crippen molar-refractivity contribution in [3.05, 3.63) is 42.5 Å². The average molecular weight is 391 g/mol. The lowest BCUT2D eigenvalue weighted by Gasteiger charge is -2.29. The van der Waals surface area contributed by atoms with Gasteiger partial charge in [0.2, 0.25) is 5.91 Å². The number of piperidine rings is 1.